The molecule has 0 spiro atoms. The van der Waals surface area contributed by atoms with Crippen LogP contribution in [0.3, 0.4) is 0 Å². The fraction of sp³-hybridized carbons (Fsp3) is 0.412. The van der Waals surface area contributed by atoms with Crippen molar-refractivity contribution < 1.29 is 13.2 Å². The van der Waals surface area contributed by atoms with Crippen molar-refractivity contribution in [2.24, 2.45) is 16.0 Å². The first-order chi connectivity index (χ1) is 11.9. The summed E-state index contributed by atoms with van der Waals surface area (Å²) >= 11 is 1.24. The van der Waals surface area contributed by atoms with Crippen LogP contribution in [0.1, 0.15) is 32.1 Å². The van der Waals surface area contributed by atoms with E-state index < -0.39 is 10.0 Å². The minimum Gasteiger partial charge on any atom is -0.305 e. The van der Waals surface area contributed by atoms with Crippen LogP contribution in [0.5, 0.6) is 0 Å². The molecule has 1 aliphatic carbocycles. The van der Waals surface area contributed by atoms with E-state index in [0.29, 0.717) is 21.8 Å². The van der Waals surface area contributed by atoms with E-state index in [2.05, 4.69) is 10.9 Å². The number of nitrogens with two attached hydrogens (primary N) is 1. The minimum atomic E-state index is -3.79. The Morgan fingerprint density at radius 3 is 2.76 bits per heavy atom. The second kappa shape index (κ2) is 7.12. The van der Waals surface area contributed by atoms with Gasteiger partial charge >= 0.3 is 0 Å². The van der Waals surface area contributed by atoms with E-state index in [-0.39, 0.29) is 17.3 Å². The molecule has 1 fully saturated rings. The highest BCUT2D eigenvalue weighted by atomic mass is 32.2. The molecule has 25 heavy (non-hydrogen) atoms. The summed E-state index contributed by atoms with van der Waals surface area (Å²) in [5.41, 5.74) is 0.739. The number of primary sulfonamides is 1. The van der Waals surface area contributed by atoms with E-state index in [9.17, 15) is 13.2 Å². The molecule has 1 saturated carbocycles. The summed E-state index contributed by atoms with van der Waals surface area (Å²) in [6.07, 6.45) is 10.4. The van der Waals surface area contributed by atoms with Crippen molar-refractivity contribution in [3.8, 4) is 12.3 Å². The van der Waals surface area contributed by atoms with Crippen molar-refractivity contribution >= 4 is 37.5 Å². The molecule has 1 aromatic carbocycles. The van der Waals surface area contributed by atoms with Crippen LogP contribution in [0.15, 0.2) is 28.1 Å². The first kappa shape index (κ1) is 17.9. The summed E-state index contributed by atoms with van der Waals surface area (Å²) in [4.78, 5) is 17.0. The Morgan fingerprint density at radius 2 is 2.12 bits per heavy atom. The van der Waals surface area contributed by atoms with Gasteiger partial charge in [-0.2, -0.15) is 4.99 Å². The van der Waals surface area contributed by atoms with Crippen LogP contribution in [0.4, 0.5) is 0 Å². The molecule has 2 aromatic rings. The van der Waals surface area contributed by atoms with Gasteiger partial charge in [0.25, 0.3) is 0 Å². The smallest absolute Gasteiger partial charge is 0.248 e. The normalized spacial score (nSPS) is 16.4. The summed E-state index contributed by atoms with van der Waals surface area (Å²) < 4.78 is 25.5. The molecule has 1 aromatic heterocycles. The Hall–Kier alpha value is -1.95. The first-order valence-electron chi connectivity index (χ1n) is 8.05. The molecule has 0 radical (unpaired) electrons. The summed E-state index contributed by atoms with van der Waals surface area (Å²) in [5, 5.41) is 5.18. The average molecular weight is 377 g/mol. The number of nitrogens with zero attached hydrogens (tertiary/aromatic N) is 2. The van der Waals surface area contributed by atoms with E-state index in [0.717, 1.165) is 18.4 Å². The molecule has 0 aliphatic heterocycles. The lowest BCUT2D eigenvalue weighted by atomic mass is 10.0. The molecule has 8 heteroatoms. The van der Waals surface area contributed by atoms with Gasteiger partial charge in [-0.05, 0) is 37.0 Å². The molecule has 0 atom stereocenters. The second-order valence-corrected chi connectivity index (χ2v) is 8.78. The number of hydrogen-bond donors (Lipinski definition) is 1. The Bertz CT molecular complexity index is 1020. The number of carbonyl (C=O) groups is 1. The highest BCUT2D eigenvalue weighted by Crippen LogP contribution is 2.27. The number of fused-ring (bicyclic) bond motifs is 1. The highest BCUT2D eigenvalue weighted by Gasteiger charge is 2.18. The number of thiazole rings is 1. The van der Waals surface area contributed by atoms with E-state index in [1.165, 1.54) is 36.3 Å². The number of benzene rings is 1. The first-order valence-corrected chi connectivity index (χ1v) is 10.4. The van der Waals surface area contributed by atoms with Gasteiger partial charge < -0.3 is 4.57 Å². The monoisotopic (exact) mass is 377 g/mol. The van der Waals surface area contributed by atoms with Crippen LogP contribution in [0.2, 0.25) is 0 Å². The van der Waals surface area contributed by atoms with Crippen LogP contribution in [-0.4, -0.2) is 18.9 Å². The Balaban J connectivity index is 2.03. The van der Waals surface area contributed by atoms with Crippen molar-refractivity contribution in [3.63, 3.8) is 0 Å². The van der Waals surface area contributed by atoms with Gasteiger partial charge in [0, 0.05) is 6.42 Å². The zero-order valence-electron chi connectivity index (χ0n) is 13.6. The lowest BCUT2D eigenvalue weighted by Gasteiger charge is -2.04. The fourth-order valence-corrected chi connectivity index (χ4v) is 4.87. The molecular formula is C17H19N3O3S2. The zero-order valence-corrected chi connectivity index (χ0v) is 15.3. The molecule has 1 aliphatic rings. The maximum absolute atomic E-state index is 12.3. The SMILES string of the molecule is C#CCn1c(=NC(=O)CC2CCCC2)sc2cc(S(N)(=O)=O)ccc21. The maximum atomic E-state index is 12.3. The second-order valence-electron chi connectivity index (χ2n) is 6.21. The molecule has 0 bridgehead atoms. The Morgan fingerprint density at radius 1 is 1.40 bits per heavy atom. The summed E-state index contributed by atoms with van der Waals surface area (Å²) in [5.74, 6) is 2.81. The third-order valence-corrected chi connectivity index (χ3v) is 6.34. The average Bonchev–Trinajstić information content (AvgIpc) is 3.15. The molecule has 6 nitrogen and oxygen atoms in total. The lowest BCUT2D eigenvalue weighted by Crippen LogP contribution is -2.17. The van der Waals surface area contributed by atoms with E-state index >= 15 is 0 Å². The summed E-state index contributed by atoms with van der Waals surface area (Å²) in [7, 11) is -3.79. The zero-order chi connectivity index (χ0) is 18.0. The number of terminal acetylenes is 1. The quantitative estimate of drug-likeness (QED) is 0.826. The van der Waals surface area contributed by atoms with Gasteiger partial charge in [0.15, 0.2) is 4.80 Å². The van der Waals surface area contributed by atoms with Crippen molar-refractivity contribution in [2.75, 3.05) is 0 Å². The number of hydrogen-bond acceptors (Lipinski definition) is 4. The number of rotatable bonds is 4. The van der Waals surface area contributed by atoms with Gasteiger partial charge in [-0.1, -0.05) is 30.1 Å². The number of amides is 1. The number of aromatic nitrogens is 1. The van der Waals surface area contributed by atoms with Gasteiger partial charge in [0.1, 0.15) is 0 Å². The molecular weight excluding hydrogens is 358 g/mol. The van der Waals surface area contributed by atoms with Crippen molar-refractivity contribution in [2.45, 2.75) is 43.5 Å². The maximum Gasteiger partial charge on any atom is 0.248 e. The van der Waals surface area contributed by atoms with Crippen LogP contribution >= 0.6 is 11.3 Å². The summed E-state index contributed by atoms with van der Waals surface area (Å²) in [6.45, 7) is 0.254. The predicted molar refractivity (Wildman–Crippen MR) is 97.2 cm³/mol. The van der Waals surface area contributed by atoms with E-state index in [1.54, 1.807) is 10.6 Å². The van der Waals surface area contributed by atoms with Crippen LogP contribution < -0.4 is 9.94 Å². The Labute approximate surface area is 150 Å². The van der Waals surface area contributed by atoms with Crippen LogP contribution in [0, 0.1) is 18.3 Å². The molecule has 0 saturated heterocycles. The molecule has 2 N–H and O–H groups in total. The van der Waals surface area contributed by atoms with Gasteiger partial charge in [0.05, 0.1) is 21.7 Å². The lowest BCUT2D eigenvalue weighted by molar-refractivity contribution is -0.118. The largest absolute Gasteiger partial charge is 0.305 e. The molecule has 3 rings (SSSR count). The molecule has 1 amide bonds. The van der Waals surface area contributed by atoms with Crippen molar-refractivity contribution in [3.05, 3.63) is 23.0 Å². The fourth-order valence-electron chi connectivity index (χ4n) is 3.17. The van der Waals surface area contributed by atoms with Crippen LogP contribution in [-0.2, 0) is 21.4 Å². The standard InChI is InChI=1S/C17H19N3O3S2/c1-2-9-20-14-8-7-13(25(18,22)23)11-15(14)24-17(20)19-16(21)10-12-5-3-4-6-12/h1,7-8,11-12H,3-6,9-10H2,(H2,18,22,23). The number of sulfonamides is 1. The van der Waals surface area contributed by atoms with Gasteiger partial charge in [-0.25, -0.2) is 13.6 Å². The van der Waals surface area contributed by atoms with Crippen molar-refractivity contribution in [1.29, 1.82) is 0 Å². The van der Waals surface area contributed by atoms with Gasteiger partial charge in [-0.15, -0.1) is 6.42 Å². The minimum absolute atomic E-state index is 0.0259. The topological polar surface area (TPSA) is 94.5 Å². The van der Waals surface area contributed by atoms with Gasteiger partial charge in [-0.3, -0.25) is 4.79 Å². The van der Waals surface area contributed by atoms with Crippen LogP contribution in [0.25, 0.3) is 10.2 Å². The highest BCUT2D eigenvalue weighted by molar-refractivity contribution is 7.89. The van der Waals surface area contributed by atoms with E-state index in [4.69, 9.17) is 11.6 Å². The van der Waals surface area contributed by atoms with Gasteiger partial charge in [0.2, 0.25) is 15.9 Å². The van der Waals surface area contributed by atoms with E-state index in [1.807, 2.05) is 0 Å². The third-order valence-electron chi connectivity index (χ3n) is 4.39. The number of carbonyl (C=O) groups excluding carboxylic acids is 1. The van der Waals surface area contributed by atoms with Crippen molar-refractivity contribution in [1.82, 2.24) is 4.57 Å². The molecule has 0 unspecified atom stereocenters. The molecule has 132 valence electrons. The predicted octanol–water partition coefficient (Wildman–Crippen LogP) is 1.99. The summed E-state index contributed by atoms with van der Waals surface area (Å²) in [6, 6.07) is 4.56. The molecule has 1 heterocycles. The third kappa shape index (κ3) is 4.00. The Kier molecular flexibility index (Phi) is 5.08.